The summed E-state index contributed by atoms with van der Waals surface area (Å²) in [5, 5.41) is 11.2. The third-order valence-electron chi connectivity index (χ3n) is 3.93. The van der Waals surface area contributed by atoms with Crippen LogP contribution in [0.5, 0.6) is 0 Å². The smallest absolute Gasteiger partial charge is 0.320 e. The summed E-state index contributed by atoms with van der Waals surface area (Å²) in [4.78, 5) is 12.3. The van der Waals surface area contributed by atoms with E-state index in [1.165, 1.54) is 35.1 Å². The van der Waals surface area contributed by atoms with Gasteiger partial charge in [0.05, 0.1) is 27.7 Å². The first-order valence-electron chi connectivity index (χ1n) is 7.87. The molecule has 0 spiro atoms. The number of carbonyl (C=O) groups is 1. The quantitative estimate of drug-likeness (QED) is 0.720. The van der Waals surface area contributed by atoms with Crippen molar-refractivity contribution in [1.82, 2.24) is 19.6 Å². The summed E-state index contributed by atoms with van der Waals surface area (Å²) in [6, 6.07) is 6.18. The van der Waals surface area contributed by atoms with Gasteiger partial charge in [0.2, 0.25) is 0 Å². The molecule has 3 rings (SSSR count). The molecule has 0 radical (unpaired) electrons. The zero-order chi connectivity index (χ0) is 19.8. The van der Waals surface area contributed by atoms with Gasteiger partial charge in [0.25, 0.3) is 5.91 Å². The van der Waals surface area contributed by atoms with Gasteiger partial charge < -0.3 is 5.32 Å². The highest BCUT2D eigenvalue weighted by atomic mass is 35.5. The Morgan fingerprint density at radius 2 is 1.89 bits per heavy atom. The van der Waals surface area contributed by atoms with Gasteiger partial charge in [0.15, 0.2) is 5.69 Å². The molecule has 2 heterocycles. The Morgan fingerprint density at radius 1 is 1.19 bits per heavy atom. The Kier molecular flexibility index (Phi) is 4.97. The van der Waals surface area contributed by atoms with Crippen LogP contribution in [0.25, 0.3) is 0 Å². The van der Waals surface area contributed by atoms with E-state index < -0.39 is 17.6 Å². The molecule has 10 heteroatoms. The number of para-hydroxylation sites is 1. The molecule has 0 bridgehead atoms. The molecule has 0 aliphatic heterocycles. The Bertz CT molecular complexity index is 993. The molecule has 2 aromatic heterocycles. The molecule has 1 N–H and O–H groups in total. The highest BCUT2D eigenvalue weighted by molar-refractivity contribution is 6.31. The number of anilines is 1. The van der Waals surface area contributed by atoms with Crippen LogP contribution >= 0.6 is 11.6 Å². The largest absolute Gasteiger partial charge is 0.418 e. The molecule has 0 saturated carbocycles. The van der Waals surface area contributed by atoms with E-state index in [-0.39, 0.29) is 18.1 Å². The predicted molar refractivity (Wildman–Crippen MR) is 93.7 cm³/mol. The van der Waals surface area contributed by atoms with Crippen LogP contribution in [-0.4, -0.2) is 25.5 Å². The number of aryl methyl sites for hydroxylation is 1. The number of alkyl halides is 3. The van der Waals surface area contributed by atoms with Crippen LogP contribution in [-0.2, 0) is 12.8 Å². The Labute approximate surface area is 157 Å². The first-order chi connectivity index (χ1) is 12.7. The molecule has 0 aliphatic carbocycles. The molecule has 1 amide bonds. The molecule has 1 aromatic carbocycles. The number of halogens is 4. The number of nitrogens with zero attached hydrogens (tertiary/aromatic N) is 4. The maximum atomic E-state index is 13.0. The van der Waals surface area contributed by atoms with E-state index in [0.29, 0.717) is 10.7 Å². The van der Waals surface area contributed by atoms with Gasteiger partial charge in [-0.15, -0.1) is 0 Å². The van der Waals surface area contributed by atoms with Crippen molar-refractivity contribution in [3.63, 3.8) is 0 Å². The fraction of sp³-hybridized carbons (Fsp3) is 0.235. The van der Waals surface area contributed by atoms with E-state index in [0.717, 1.165) is 11.8 Å². The SMILES string of the molecule is Cc1nn(Cn2ccc(C(=O)Nc3ccccc3C(F)(F)F)n2)c(C)c1Cl. The topological polar surface area (TPSA) is 64.7 Å². The zero-order valence-corrected chi connectivity index (χ0v) is 15.1. The van der Waals surface area contributed by atoms with E-state index in [1.807, 2.05) is 0 Å². The van der Waals surface area contributed by atoms with Crippen LogP contribution in [0.2, 0.25) is 5.02 Å². The van der Waals surface area contributed by atoms with Crippen LogP contribution in [0.4, 0.5) is 18.9 Å². The summed E-state index contributed by atoms with van der Waals surface area (Å²) in [6.45, 7) is 3.78. The van der Waals surface area contributed by atoms with Crippen LogP contribution in [0.15, 0.2) is 36.5 Å². The molecule has 27 heavy (non-hydrogen) atoms. The van der Waals surface area contributed by atoms with Crippen molar-refractivity contribution in [3.05, 3.63) is 64.2 Å². The fourth-order valence-corrected chi connectivity index (χ4v) is 2.67. The van der Waals surface area contributed by atoms with Crippen molar-refractivity contribution in [2.24, 2.45) is 0 Å². The summed E-state index contributed by atoms with van der Waals surface area (Å²) in [5.74, 6) is -0.739. The lowest BCUT2D eigenvalue weighted by molar-refractivity contribution is -0.136. The van der Waals surface area contributed by atoms with Crippen molar-refractivity contribution >= 4 is 23.2 Å². The summed E-state index contributed by atoms with van der Waals surface area (Å²) in [5.41, 5.74) is 0.155. The standard InChI is InChI=1S/C17H15ClF3N5O/c1-10-15(18)11(2)26(23-10)9-25-8-7-14(24-25)16(27)22-13-6-4-3-5-12(13)17(19,20)21/h3-8H,9H2,1-2H3,(H,22,27). The third-order valence-corrected chi connectivity index (χ3v) is 4.47. The highest BCUT2D eigenvalue weighted by Gasteiger charge is 2.33. The van der Waals surface area contributed by atoms with Gasteiger partial charge in [0.1, 0.15) is 6.67 Å². The van der Waals surface area contributed by atoms with Gasteiger partial charge >= 0.3 is 6.18 Å². The number of rotatable bonds is 4. The van der Waals surface area contributed by atoms with Crippen LogP contribution in [0.1, 0.15) is 27.4 Å². The summed E-state index contributed by atoms with van der Waals surface area (Å²) in [6.07, 6.45) is -3.03. The Morgan fingerprint density at radius 3 is 2.52 bits per heavy atom. The normalized spacial score (nSPS) is 11.6. The van der Waals surface area contributed by atoms with Gasteiger partial charge in [-0.1, -0.05) is 23.7 Å². The second-order valence-electron chi connectivity index (χ2n) is 5.86. The maximum absolute atomic E-state index is 13.0. The number of aromatic nitrogens is 4. The average molecular weight is 398 g/mol. The minimum absolute atomic E-state index is 0.0143. The second-order valence-corrected chi connectivity index (χ2v) is 6.24. The predicted octanol–water partition coefficient (Wildman–Crippen LogP) is 4.13. The van der Waals surface area contributed by atoms with Crippen LogP contribution < -0.4 is 5.32 Å². The maximum Gasteiger partial charge on any atom is 0.418 e. The minimum Gasteiger partial charge on any atom is -0.320 e. The number of carbonyl (C=O) groups excluding carboxylic acids is 1. The van der Waals surface area contributed by atoms with Gasteiger partial charge in [-0.2, -0.15) is 23.4 Å². The lowest BCUT2D eigenvalue weighted by atomic mass is 10.1. The van der Waals surface area contributed by atoms with Gasteiger partial charge in [-0.25, -0.2) is 4.68 Å². The minimum atomic E-state index is -4.57. The zero-order valence-electron chi connectivity index (χ0n) is 14.4. The Hall–Kier alpha value is -2.81. The molecule has 0 saturated heterocycles. The molecule has 0 fully saturated rings. The second kappa shape index (κ2) is 7.07. The lowest BCUT2D eigenvalue weighted by Crippen LogP contribution is -2.18. The monoisotopic (exact) mass is 397 g/mol. The average Bonchev–Trinajstić information content (AvgIpc) is 3.16. The van der Waals surface area contributed by atoms with E-state index >= 15 is 0 Å². The Balaban J connectivity index is 1.77. The van der Waals surface area contributed by atoms with E-state index in [2.05, 4.69) is 15.5 Å². The number of hydrogen-bond acceptors (Lipinski definition) is 3. The van der Waals surface area contributed by atoms with Crippen molar-refractivity contribution in [1.29, 1.82) is 0 Å². The molecular formula is C17H15ClF3N5O. The molecule has 0 unspecified atom stereocenters. The van der Waals surface area contributed by atoms with E-state index in [1.54, 1.807) is 18.5 Å². The fourth-order valence-electron chi connectivity index (χ4n) is 2.54. The summed E-state index contributed by atoms with van der Waals surface area (Å²) in [7, 11) is 0. The van der Waals surface area contributed by atoms with Gasteiger partial charge in [0, 0.05) is 6.20 Å². The van der Waals surface area contributed by atoms with Crippen molar-refractivity contribution in [3.8, 4) is 0 Å². The van der Waals surface area contributed by atoms with Crippen molar-refractivity contribution < 1.29 is 18.0 Å². The lowest BCUT2D eigenvalue weighted by Gasteiger charge is -2.12. The third kappa shape index (κ3) is 3.97. The molecule has 0 atom stereocenters. The first-order valence-corrected chi connectivity index (χ1v) is 8.25. The van der Waals surface area contributed by atoms with E-state index in [9.17, 15) is 18.0 Å². The number of hydrogen-bond donors (Lipinski definition) is 1. The molecule has 0 aliphatic rings. The molecular weight excluding hydrogens is 383 g/mol. The number of amides is 1. The van der Waals surface area contributed by atoms with Crippen molar-refractivity contribution in [2.75, 3.05) is 5.32 Å². The molecule has 6 nitrogen and oxygen atoms in total. The number of nitrogens with one attached hydrogen (secondary N) is 1. The van der Waals surface area contributed by atoms with Gasteiger partial charge in [-0.05, 0) is 32.0 Å². The molecule has 142 valence electrons. The van der Waals surface area contributed by atoms with Crippen LogP contribution in [0, 0.1) is 13.8 Å². The summed E-state index contributed by atoms with van der Waals surface area (Å²) < 4.78 is 42.1. The van der Waals surface area contributed by atoms with Crippen molar-refractivity contribution in [2.45, 2.75) is 26.7 Å². The highest BCUT2D eigenvalue weighted by Crippen LogP contribution is 2.34. The van der Waals surface area contributed by atoms with Crippen LogP contribution in [0.3, 0.4) is 0 Å². The number of benzene rings is 1. The molecule has 3 aromatic rings. The first kappa shape index (κ1) is 19.0. The van der Waals surface area contributed by atoms with E-state index in [4.69, 9.17) is 11.6 Å². The summed E-state index contributed by atoms with van der Waals surface area (Å²) >= 11 is 6.09. The van der Waals surface area contributed by atoms with Gasteiger partial charge in [-0.3, -0.25) is 9.48 Å².